The van der Waals surface area contributed by atoms with Crippen molar-refractivity contribution in [1.82, 2.24) is 4.90 Å². The van der Waals surface area contributed by atoms with Gasteiger partial charge in [0.1, 0.15) is 0 Å². The quantitative estimate of drug-likeness (QED) is 0.588. The highest BCUT2D eigenvalue weighted by molar-refractivity contribution is 5.95. The lowest BCUT2D eigenvalue weighted by atomic mass is 10.1. The molecule has 0 saturated heterocycles. The molecule has 0 bridgehead atoms. The van der Waals surface area contributed by atoms with E-state index >= 15 is 0 Å². The fourth-order valence-electron chi connectivity index (χ4n) is 1.82. The molecule has 0 aliphatic rings. The van der Waals surface area contributed by atoms with Gasteiger partial charge in [0.15, 0.2) is 0 Å². The normalized spacial score (nSPS) is 10.7. The Balaban J connectivity index is 4.21. The highest BCUT2D eigenvalue weighted by Crippen LogP contribution is 2.09. The lowest BCUT2D eigenvalue weighted by Gasteiger charge is -2.20. The summed E-state index contributed by atoms with van der Waals surface area (Å²) in [5.41, 5.74) is 0. The van der Waals surface area contributed by atoms with Gasteiger partial charge >= 0.3 is 0 Å². The average Bonchev–Trinajstić information content (AvgIpc) is 2.35. The van der Waals surface area contributed by atoms with Crippen LogP contribution in [0.15, 0.2) is 0 Å². The molecule has 0 unspecified atom stereocenters. The molecule has 0 radical (unpaired) electrons. The summed E-state index contributed by atoms with van der Waals surface area (Å²) < 4.78 is 0. The van der Waals surface area contributed by atoms with Crippen LogP contribution in [0, 0.1) is 5.92 Å². The molecular formula is C15H29NO2. The van der Waals surface area contributed by atoms with E-state index < -0.39 is 0 Å². The number of rotatable bonds is 9. The van der Waals surface area contributed by atoms with Crippen molar-refractivity contribution in [3.63, 3.8) is 0 Å². The fraction of sp³-hybridized carbons (Fsp3) is 0.867. The summed E-state index contributed by atoms with van der Waals surface area (Å²) in [6.07, 6.45) is 6.16. The second kappa shape index (κ2) is 10.1. The molecule has 0 N–H and O–H groups in total. The lowest BCUT2D eigenvalue weighted by molar-refractivity contribution is -0.144. The van der Waals surface area contributed by atoms with Gasteiger partial charge in [-0.2, -0.15) is 0 Å². The van der Waals surface area contributed by atoms with E-state index in [1.807, 2.05) is 6.92 Å². The van der Waals surface area contributed by atoms with Crippen molar-refractivity contribution in [2.75, 3.05) is 6.54 Å². The van der Waals surface area contributed by atoms with Crippen LogP contribution in [0.4, 0.5) is 0 Å². The van der Waals surface area contributed by atoms with E-state index in [2.05, 4.69) is 20.8 Å². The first kappa shape index (κ1) is 17.1. The Hall–Kier alpha value is -0.860. The molecule has 106 valence electrons. The van der Waals surface area contributed by atoms with Gasteiger partial charge in [-0.05, 0) is 18.8 Å². The molecule has 0 aromatic carbocycles. The zero-order valence-electron chi connectivity index (χ0n) is 12.5. The third kappa shape index (κ3) is 7.46. The Morgan fingerprint density at radius 1 is 1.00 bits per heavy atom. The van der Waals surface area contributed by atoms with Crippen LogP contribution in [0.3, 0.4) is 0 Å². The minimum atomic E-state index is -0.0275. The third-order valence-electron chi connectivity index (χ3n) is 3.08. The van der Waals surface area contributed by atoms with Gasteiger partial charge in [-0.1, -0.05) is 47.0 Å². The Bertz CT molecular complexity index is 249. The summed E-state index contributed by atoms with van der Waals surface area (Å²) in [6, 6.07) is 0. The monoisotopic (exact) mass is 255 g/mol. The largest absolute Gasteiger partial charge is 0.283 e. The van der Waals surface area contributed by atoms with Crippen molar-refractivity contribution < 1.29 is 9.59 Å². The minimum Gasteiger partial charge on any atom is -0.283 e. The molecule has 0 fully saturated rings. The standard InChI is InChI=1S/C15H29NO2/c1-5-7-8-9-12-16(14(17)6-2)15(18)11-10-13(3)4/h13H,5-12H2,1-4H3. The van der Waals surface area contributed by atoms with Crippen LogP contribution in [0.2, 0.25) is 0 Å². The summed E-state index contributed by atoms with van der Waals surface area (Å²) in [7, 11) is 0. The molecule has 0 saturated carbocycles. The van der Waals surface area contributed by atoms with Gasteiger partial charge in [-0.3, -0.25) is 14.5 Å². The fourth-order valence-corrected chi connectivity index (χ4v) is 1.82. The van der Waals surface area contributed by atoms with Crippen LogP contribution in [-0.2, 0) is 9.59 Å². The predicted molar refractivity (Wildman–Crippen MR) is 75.2 cm³/mol. The van der Waals surface area contributed by atoms with Crippen molar-refractivity contribution in [2.45, 2.75) is 72.6 Å². The summed E-state index contributed by atoms with van der Waals surface area (Å²) in [6.45, 7) is 8.77. The van der Waals surface area contributed by atoms with Crippen molar-refractivity contribution in [2.24, 2.45) is 5.92 Å². The zero-order valence-corrected chi connectivity index (χ0v) is 12.5. The first-order valence-electron chi connectivity index (χ1n) is 7.36. The second-order valence-corrected chi connectivity index (χ2v) is 5.29. The Kier molecular flexibility index (Phi) is 9.62. The van der Waals surface area contributed by atoms with Crippen LogP contribution in [-0.4, -0.2) is 23.3 Å². The molecular weight excluding hydrogens is 226 g/mol. The van der Waals surface area contributed by atoms with Crippen LogP contribution >= 0.6 is 0 Å². The highest BCUT2D eigenvalue weighted by atomic mass is 16.2. The zero-order chi connectivity index (χ0) is 14.0. The average molecular weight is 255 g/mol. The highest BCUT2D eigenvalue weighted by Gasteiger charge is 2.19. The number of hydrogen-bond donors (Lipinski definition) is 0. The molecule has 3 nitrogen and oxygen atoms in total. The molecule has 0 heterocycles. The van der Waals surface area contributed by atoms with Gasteiger partial charge in [0, 0.05) is 19.4 Å². The van der Waals surface area contributed by atoms with E-state index in [1.54, 1.807) is 0 Å². The van der Waals surface area contributed by atoms with Crippen molar-refractivity contribution >= 4 is 11.8 Å². The molecule has 0 aliphatic heterocycles. The molecule has 0 aromatic heterocycles. The molecule has 0 atom stereocenters. The van der Waals surface area contributed by atoms with Crippen molar-refractivity contribution in [3.05, 3.63) is 0 Å². The van der Waals surface area contributed by atoms with Gasteiger partial charge < -0.3 is 0 Å². The third-order valence-corrected chi connectivity index (χ3v) is 3.08. The van der Waals surface area contributed by atoms with E-state index in [0.29, 0.717) is 25.3 Å². The van der Waals surface area contributed by atoms with Gasteiger partial charge in [-0.15, -0.1) is 0 Å². The summed E-state index contributed by atoms with van der Waals surface area (Å²) in [5.74, 6) is 0.486. The molecule has 2 amide bonds. The van der Waals surface area contributed by atoms with E-state index in [9.17, 15) is 9.59 Å². The Labute approximate surface area is 112 Å². The summed E-state index contributed by atoms with van der Waals surface area (Å²) in [5, 5.41) is 0. The van der Waals surface area contributed by atoms with Gasteiger partial charge in [0.2, 0.25) is 11.8 Å². The Morgan fingerprint density at radius 3 is 2.17 bits per heavy atom. The van der Waals surface area contributed by atoms with E-state index in [4.69, 9.17) is 0 Å². The smallest absolute Gasteiger partial charge is 0.229 e. The van der Waals surface area contributed by atoms with E-state index in [1.165, 1.54) is 17.7 Å². The number of hydrogen-bond acceptors (Lipinski definition) is 2. The summed E-state index contributed by atoms with van der Waals surface area (Å²) in [4.78, 5) is 25.3. The minimum absolute atomic E-state index is 0.00653. The first-order valence-corrected chi connectivity index (χ1v) is 7.36. The van der Waals surface area contributed by atoms with Gasteiger partial charge in [-0.25, -0.2) is 0 Å². The summed E-state index contributed by atoms with van der Waals surface area (Å²) >= 11 is 0. The van der Waals surface area contributed by atoms with E-state index in [-0.39, 0.29) is 11.8 Å². The maximum absolute atomic E-state index is 12.0. The molecule has 0 rings (SSSR count). The number of amides is 2. The Morgan fingerprint density at radius 2 is 1.67 bits per heavy atom. The van der Waals surface area contributed by atoms with Crippen LogP contribution in [0.5, 0.6) is 0 Å². The molecule has 18 heavy (non-hydrogen) atoms. The van der Waals surface area contributed by atoms with Crippen molar-refractivity contribution in [3.8, 4) is 0 Å². The van der Waals surface area contributed by atoms with E-state index in [0.717, 1.165) is 19.3 Å². The van der Waals surface area contributed by atoms with Gasteiger partial charge in [0.25, 0.3) is 0 Å². The topological polar surface area (TPSA) is 37.4 Å². The maximum atomic E-state index is 12.0. The molecule has 0 aliphatic carbocycles. The molecule has 3 heteroatoms. The SMILES string of the molecule is CCCCCCN(C(=O)CC)C(=O)CCC(C)C. The number of carbonyl (C=O) groups excluding carboxylic acids is 2. The van der Waals surface area contributed by atoms with Gasteiger partial charge in [0.05, 0.1) is 0 Å². The van der Waals surface area contributed by atoms with Crippen LogP contribution in [0.25, 0.3) is 0 Å². The predicted octanol–water partition coefficient (Wildman–Crippen LogP) is 3.77. The number of imide groups is 1. The molecule has 0 aromatic rings. The number of nitrogens with zero attached hydrogens (tertiary/aromatic N) is 1. The van der Waals surface area contributed by atoms with Crippen LogP contribution in [0.1, 0.15) is 72.6 Å². The van der Waals surface area contributed by atoms with Crippen molar-refractivity contribution in [1.29, 1.82) is 0 Å². The maximum Gasteiger partial charge on any atom is 0.229 e. The number of unbranched alkanes of at least 4 members (excludes halogenated alkanes) is 3. The molecule has 0 spiro atoms. The van der Waals surface area contributed by atoms with Crippen LogP contribution < -0.4 is 0 Å². The lowest BCUT2D eigenvalue weighted by Crippen LogP contribution is -2.37. The first-order chi connectivity index (χ1) is 8.52. The second-order valence-electron chi connectivity index (χ2n) is 5.29. The number of carbonyl (C=O) groups is 2.